The smallest absolute Gasteiger partial charge is 0.0811 e. The van der Waals surface area contributed by atoms with Gasteiger partial charge in [-0.05, 0) is 67.4 Å². The third-order valence-electron chi connectivity index (χ3n) is 8.95. The van der Waals surface area contributed by atoms with Crippen LogP contribution in [0.1, 0.15) is 79.6 Å². The first kappa shape index (κ1) is 24.5. The second kappa shape index (κ2) is 9.37. The van der Waals surface area contributed by atoms with Crippen LogP contribution in [0.2, 0.25) is 0 Å². The van der Waals surface area contributed by atoms with Gasteiger partial charge in [-0.25, -0.2) is 0 Å². The highest BCUT2D eigenvalue weighted by atomic mass is 16.3. The van der Waals surface area contributed by atoms with Gasteiger partial charge < -0.3 is 15.3 Å². The number of hydrogen-bond acceptors (Lipinski definition) is 3. The summed E-state index contributed by atoms with van der Waals surface area (Å²) >= 11 is 0. The molecule has 1 unspecified atom stereocenters. The molecule has 0 aromatic rings. The Balaban J connectivity index is 1.83. The van der Waals surface area contributed by atoms with E-state index < -0.39 is 17.8 Å². The van der Waals surface area contributed by atoms with Crippen LogP contribution in [-0.2, 0) is 0 Å². The predicted octanol–water partition coefficient (Wildman–Crippen LogP) is 5.73. The van der Waals surface area contributed by atoms with E-state index in [-0.39, 0.29) is 11.3 Å². The fourth-order valence-electron chi connectivity index (χ4n) is 6.23. The Morgan fingerprint density at radius 3 is 2.45 bits per heavy atom. The van der Waals surface area contributed by atoms with Gasteiger partial charge in [0.15, 0.2) is 0 Å². The van der Waals surface area contributed by atoms with Gasteiger partial charge in [0.1, 0.15) is 0 Å². The van der Waals surface area contributed by atoms with Gasteiger partial charge in [0.2, 0.25) is 0 Å². The monoisotopic (exact) mass is 428 g/mol. The van der Waals surface area contributed by atoms with Crippen LogP contribution < -0.4 is 0 Å². The molecule has 0 aromatic carbocycles. The van der Waals surface area contributed by atoms with Crippen LogP contribution in [0.5, 0.6) is 0 Å². The van der Waals surface area contributed by atoms with E-state index in [0.29, 0.717) is 30.6 Å². The molecule has 3 rings (SSSR count). The third-order valence-corrected chi connectivity index (χ3v) is 8.95. The largest absolute Gasteiger partial charge is 0.393 e. The molecule has 3 aliphatic carbocycles. The van der Waals surface area contributed by atoms with E-state index in [1.54, 1.807) is 0 Å². The minimum Gasteiger partial charge on any atom is -0.393 e. The van der Waals surface area contributed by atoms with Gasteiger partial charge in [-0.15, -0.1) is 0 Å². The minimum atomic E-state index is -0.682. The molecule has 174 valence electrons. The number of aliphatic hydroxyl groups is 3. The molecule has 3 saturated carbocycles. The molecule has 31 heavy (non-hydrogen) atoms. The van der Waals surface area contributed by atoms with Crippen molar-refractivity contribution in [2.45, 2.75) is 97.4 Å². The Morgan fingerprint density at radius 1 is 1.06 bits per heavy atom. The van der Waals surface area contributed by atoms with Crippen LogP contribution >= 0.6 is 0 Å². The highest BCUT2D eigenvalue weighted by molar-refractivity contribution is 5.39. The Morgan fingerprint density at radius 2 is 1.77 bits per heavy atom. The number of fused-ring (bicyclic) bond motifs is 1. The summed E-state index contributed by atoms with van der Waals surface area (Å²) in [6.07, 6.45) is 13.7. The maximum absolute atomic E-state index is 11.9. The number of allylic oxidation sites excluding steroid dienone is 4. The van der Waals surface area contributed by atoms with Gasteiger partial charge in [-0.2, -0.15) is 0 Å². The summed E-state index contributed by atoms with van der Waals surface area (Å²) in [7, 11) is 0. The van der Waals surface area contributed by atoms with Crippen molar-refractivity contribution in [2.24, 2.45) is 29.1 Å². The van der Waals surface area contributed by atoms with Gasteiger partial charge in [0.05, 0.1) is 17.8 Å². The van der Waals surface area contributed by atoms with Gasteiger partial charge in [-0.3, -0.25) is 0 Å². The molecule has 0 bridgehead atoms. The average Bonchev–Trinajstić information content (AvgIpc) is 2.99. The molecule has 0 heterocycles. The van der Waals surface area contributed by atoms with E-state index in [2.05, 4.69) is 65.5 Å². The molecule has 0 aromatic heterocycles. The van der Waals surface area contributed by atoms with E-state index >= 15 is 0 Å². The van der Waals surface area contributed by atoms with Gasteiger partial charge in [0.25, 0.3) is 0 Å². The highest BCUT2D eigenvalue weighted by Crippen LogP contribution is 2.61. The van der Waals surface area contributed by atoms with Crippen molar-refractivity contribution in [2.75, 3.05) is 0 Å². The summed E-state index contributed by atoms with van der Waals surface area (Å²) in [5.74, 6) is 1.63. The fraction of sp³-hybridized carbons (Fsp3) is 0.714. The zero-order valence-corrected chi connectivity index (χ0v) is 20.3. The van der Waals surface area contributed by atoms with Crippen LogP contribution in [-0.4, -0.2) is 33.1 Å². The Bertz CT molecular complexity index is 760. The summed E-state index contributed by atoms with van der Waals surface area (Å²) in [6, 6.07) is 0. The second-order valence-corrected chi connectivity index (χ2v) is 11.1. The van der Waals surface area contributed by atoms with Crippen molar-refractivity contribution in [3.8, 4) is 0 Å². The SMILES string of the molecule is C=C1/C(=C/C=C2\CCC[C@@]3(C)C2CC[C@]3(O)[C@H](C)/C=C/[C@H](C)C(C)C)C[C@@H](O)C[C@@H]1O. The summed E-state index contributed by atoms with van der Waals surface area (Å²) in [5.41, 5.74) is 2.30. The topological polar surface area (TPSA) is 60.7 Å². The molecule has 0 spiro atoms. The molecule has 3 fully saturated rings. The third kappa shape index (κ3) is 4.65. The van der Waals surface area contributed by atoms with Crippen LogP contribution in [0.3, 0.4) is 0 Å². The lowest BCUT2D eigenvalue weighted by molar-refractivity contribution is -0.100. The van der Waals surface area contributed by atoms with Crippen molar-refractivity contribution in [1.82, 2.24) is 0 Å². The standard InChI is InChI=1S/C28H44O3/c1-18(2)19(3)9-10-20(4)28(31)15-13-25-22(8-7-14-27(25,28)6)11-12-23-16-24(29)17-26(30)21(23)5/h9-12,18-20,24-26,29-31H,5,7-8,13-17H2,1-4,6H3/b10-9+,22-11+,23-12+/t19-,20+,24+,25?,26-,27-,28-/m0/s1. The zero-order chi connectivity index (χ0) is 23.0. The summed E-state index contributed by atoms with van der Waals surface area (Å²) in [5, 5.41) is 32.1. The van der Waals surface area contributed by atoms with E-state index in [0.717, 1.165) is 43.3 Å². The lowest BCUT2D eigenvalue weighted by Gasteiger charge is -2.49. The zero-order valence-electron chi connectivity index (χ0n) is 20.3. The van der Waals surface area contributed by atoms with Crippen molar-refractivity contribution in [1.29, 1.82) is 0 Å². The van der Waals surface area contributed by atoms with E-state index in [1.165, 1.54) is 5.57 Å². The van der Waals surface area contributed by atoms with E-state index in [4.69, 9.17) is 0 Å². The maximum Gasteiger partial charge on any atom is 0.0811 e. The first-order valence-corrected chi connectivity index (χ1v) is 12.3. The molecule has 3 N–H and O–H groups in total. The lowest BCUT2D eigenvalue weighted by atomic mass is 9.59. The van der Waals surface area contributed by atoms with Gasteiger partial charge in [-0.1, -0.05) is 71.1 Å². The van der Waals surface area contributed by atoms with E-state index in [1.807, 2.05) is 0 Å². The number of rotatable bonds is 5. The predicted molar refractivity (Wildman–Crippen MR) is 128 cm³/mol. The normalized spacial score (nSPS) is 41.3. The summed E-state index contributed by atoms with van der Waals surface area (Å²) in [6.45, 7) is 15.3. The molecule has 0 saturated heterocycles. The summed E-state index contributed by atoms with van der Waals surface area (Å²) < 4.78 is 0. The van der Waals surface area contributed by atoms with Crippen LogP contribution in [0.15, 0.2) is 47.6 Å². The first-order valence-electron chi connectivity index (χ1n) is 12.3. The Kier molecular flexibility index (Phi) is 7.40. The highest BCUT2D eigenvalue weighted by Gasteiger charge is 2.59. The van der Waals surface area contributed by atoms with Gasteiger partial charge >= 0.3 is 0 Å². The van der Waals surface area contributed by atoms with Crippen molar-refractivity contribution < 1.29 is 15.3 Å². The summed E-state index contributed by atoms with van der Waals surface area (Å²) in [4.78, 5) is 0. The molecule has 3 nitrogen and oxygen atoms in total. The van der Waals surface area contributed by atoms with Crippen molar-refractivity contribution in [3.05, 3.63) is 47.6 Å². The van der Waals surface area contributed by atoms with Crippen LogP contribution in [0.4, 0.5) is 0 Å². The fourth-order valence-corrected chi connectivity index (χ4v) is 6.23. The Hall–Kier alpha value is -1.16. The first-order chi connectivity index (χ1) is 14.5. The molecule has 3 aliphatic rings. The van der Waals surface area contributed by atoms with Crippen molar-refractivity contribution in [3.63, 3.8) is 0 Å². The molecular weight excluding hydrogens is 384 g/mol. The molecule has 0 aliphatic heterocycles. The number of hydrogen-bond donors (Lipinski definition) is 3. The molecule has 7 atom stereocenters. The number of aliphatic hydroxyl groups excluding tert-OH is 2. The average molecular weight is 429 g/mol. The van der Waals surface area contributed by atoms with E-state index in [9.17, 15) is 15.3 Å². The maximum atomic E-state index is 11.9. The second-order valence-electron chi connectivity index (χ2n) is 11.1. The van der Waals surface area contributed by atoms with Crippen LogP contribution in [0, 0.1) is 29.1 Å². The molecule has 0 amide bonds. The Labute approximate surface area is 189 Å². The molecule has 0 radical (unpaired) electrons. The van der Waals surface area contributed by atoms with Gasteiger partial charge in [0, 0.05) is 17.8 Å². The molecule has 3 heteroatoms. The minimum absolute atomic E-state index is 0.122. The lowest BCUT2D eigenvalue weighted by Crippen LogP contribution is -2.50. The molecular formula is C28H44O3. The quantitative estimate of drug-likeness (QED) is 0.490. The van der Waals surface area contributed by atoms with Crippen LogP contribution in [0.25, 0.3) is 0 Å². The van der Waals surface area contributed by atoms with Crippen molar-refractivity contribution >= 4 is 0 Å².